The van der Waals surface area contributed by atoms with E-state index >= 15 is 0 Å². The molecule has 110 valence electrons. The molecule has 1 N–H and O–H groups in total. The highest BCUT2D eigenvalue weighted by Crippen LogP contribution is 2.19. The molecule has 0 atom stereocenters. The van der Waals surface area contributed by atoms with Crippen molar-refractivity contribution in [2.24, 2.45) is 0 Å². The Kier molecular flexibility index (Phi) is 5.39. The molecule has 0 spiro atoms. The maximum Gasteiger partial charge on any atom is 0.338 e. The zero-order valence-electron chi connectivity index (χ0n) is 12.2. The molecular weight excluding hydrogens is 330 g/mol. The van der Waals surface area contributed by atoms with Crippen LogP contribution in [0.25, 0.3) is 0 Å². The van der Waals surface area contributed by atoms with Crippen molar-refractivity contribution in [1.29, 1.82) is 0 Å². The number of ether oxygens (including phenoxy) is 1. The minimum absolute atomic E-state index is 0.292. The molecule has 0 saturated heterocycles. The Balaban J connectivity index is 2.04. The average molecular weight is 348 g/mol. The highest BCUT2D eigenvalue weighted by Gasteiger charge is 2.06. The Morgan fingerprint density at radius 1 is 1.24 bits per heavy atom. The number of rotatable bonds is 5. The van der Waals surface area contributed by atoms with E-state index in [9.17, 15) is 4.79 Å². The number of benzene rings is 2. The lowest BCUT2D eigenvalue weighted by Crippen LogP contribution is -2.06. The van der Waals surface area contributed by atoms with Gasteiger partial charge in [-0.25, -0.2) is 4.79 Å². The molecule has 0 saturated carbocycles. The van der Waals surface area contributed by atoms with Crippen LogP contribution in [0.15, 0.2) is 46.9 Å². The van der Waals surface area contributed by atoms with Gasteiger partial charge in [0.1, 0.15) is 0 Å². The Labute approximate surface area is 133 Å². The first-order valence-corrected chi connectivity index (χ1v) is 7.65. The maximum absolute atomic E-state index is 11.7. The predicted octanol–water partition coefficient (Wildman–Crippen LogP) is 4.55. The molecule has 0 aliphatic heterocycles. The summed E-state index contributed by atoms with van der Waals surface area (Å²) >= 11 is 3.53. The summed E-state index contributed by atoms with van der Waals surface area (Å²) in [5.74, 6) is -0.292. The third-order valence-electron chi connectivity index (χ3n) is 3.11. The number of anilines is 1. The molecule has 0 aliphatic carbocycles. The van der Waals surface area contributed by atoms with Gasteiger partial charge in [0, 0.05) is 16.7 Å². The molecule has 0 fully saturated rings. The van der Waals surface area contributed by atoms with Crippen LogP contribution in [0.1, 0.15) is 28.4 Å². The minimum Gasteiger partial charge on any atom is -0.462 e. The zero-order valence-corrected chi connectivity index (χ0v) is 13.7. The molecule has 2 aromatic rings. The van der Waals surface area contributed by atoms with Gasteiger partial charge in [0.15, 0.2) is 0 Å². The number of halogens is 1. The fraction of sp³-hybridized carbons (Fsp3) is 0.235. The molecule has 0 radical (unpaired) electrons. The number of carbonyl (C=O) groups is 1. The number of esters is 1. The molecule has 2 aromatic carbocycles. The normalized spacial score (nSPS) is 10.2. The van der Waals surface area contributed by atoms with Gasteiger partial charge in [-0.2, -0.15) is 0 Å². The van der Waals surface area contributed by atoms with Crippen LogP contribution in [0.2, 0.25) is 0 Å². The summed E-state index contributed by atoms with van der Waals surface area (Å²) in [6, 6.07) is 13.6. The molecule has 0 heterocycles. The molecule has 0 amide bonds. The van der Waals surface area contributed by atoms with Gasteiger partial charge in [-0.3, -0.25) is 0 Å². The second-order valence-corrected chi connectivity index (χ2v) is 5.59. The summed E-state index contributed by atoms with van der Waals surface area (Å²) in [6.45, 7) is 4.94. The van der Waals surface area contributed by atoms with E-state index < -0.39 is 0 Å². The van der Waals surface area contributed by atoms with Crippen LogP contribution in [0.4, 0.5) is 5.69 Å². The van der Waals surface area contributed by atoms with Gasteiger partial charge in [-0.1, -0.05) is 34.1 Å². The SMILES string of the molecule is CCOC(=O)c1cccc(NCc2ccc(C)c(Br)c2)c1. The number of hydrogen-bond acceptors (Lipinski definition) is 3. The largest absolute Gasteiger partial charge is 0.462 e. The second-order valence-electron chi connectivity index (χ2n) is 4.74. The van der Waals surface area contributed by atoms with Crippen molar-refractivity contribution >= 4 is 27.6 Å². The summed E-state index contributed by atoms with van der Waals surface area (Å²) in [6.07, 6.45) is 0. The molecule has 3 nitrogen and oxygen atoms in total. The number of nitrogens with one attached hydrogen (secondary N) is 1. The lowest BCUT2D eigenvalue weighted by molar-refractivity contribution is 0.0526. The van der Waals surface area contributed by atoms with Gasteiger partial charge in [0.25, 0.3) is 0 Å². The van der Waals surface area contributed by atoms with Gasteiger partial charge in [0.05, 0.1) is 12.2 Å². The van der Waals surface area contributed by atoms with Gasteiger partial charge in [-0.05, 0) is 49.2 Å². The summed E-state index contributed by atoms with van der Waals surface area (Å²) < 4.78 is 6.10. The first kappa shape index (κ1) is 15.6. The lowest BCUT2D eigenvalue weighted by Gasteiger charge is -2.09. The van der Waals surface area contributed by atoms with Crippen LogP contribution in [0.5, 0.6) is 0 Å². The van der Waals surface area contributed by atoms with Gasteiger partial charge in [-0.15, -0.1) is 0 Å². The molecule has 0 aliphatic rings. The van der Waals surface area contributed by atoms with Crippen LogP contribution in [0, 0.1) is 6.92 Å². The highest BCUT2D eigenvalue weighted by atomic mass is 79.9. The fourth-order valence-electron chi connectivity index (χ4n) is 1.92. The molecule has 2 rings (SSSR count). The van der Waals surface area contributed by atoms with Crippen molar-refractivity contribution < 1.29 is 9.53 Å². The van der Waals surface area contributed by atoms with Gasteiger partial charge < -0.3 is 10.1 Å². The summed E-state index contributed by atoms with van der Waals surface area (Å²) in [5, 5.41) is 3.32. The predicted molar refractivity (Wildman–Crippen MR) is 88.6 cm³/mol. The van der Waals surface area contributed by atoms with Crippen LogP contribution in [-0.2, 0) is 11.3 Å². The number of aryl methyl sites for hydroxylation is 1. The Morgan fingerprint density at radius 2 is 2.05 bits per heavy atom. The first-order chi connectivity index (χ1) is 10.1. The molecule has 21 heavy (non-hydrogen) atoms. The number of hydrogen-bond donors (Lipinski definition) is 1. The molecule has 0 aromatic heterocycles. The van der Waals surface area contributed by atoms with Crippen LogP contribution in [0.3, 0.4) is 0 Å². The fourth-order valence-corrected chi connectivity index (χ4v) is 2.35. The van der Waals surface area contributed by atoms with Crippen LogP contribution in [-0.4, -0.2) is 12.6 Å². The standard InChI is InChI=1S/C17H18BrNO2/c1-3-21-17(20)14-5-4-6-15(10-14)19-11-13-8-7-12(2)16(18)9-13/h4-10,19H,3,11H2,1-2H3. The average Bonchev–Trinajstić information content (AvgIpc) is 2.49. The van der Waals surface area contributed by atoms with Crippen molar-refractivity contribution in [2.75, 3.05) is 11.9 Å². The Bertz CT molecular complexity index is 640. The topological polar surface area (TPSA) is 38.3 Å². The third kappa shape index (κ3) is 4.33. The Morgan fingerprint density at radius 3 is 2.76 bits per heavy atom. The van der Waals surface area contributed by atoms with Gasteiger partial charge in [0.2, 0.25) is 0 Å². The van der Waals surface area contributed by atoms with E-state index in [4.69, 9.17) is 4.74 Å². The van der Waals surface area contributed by atoms with E-state index in [2.05, 4.69) is 46.4 Å². The number of carbonyl (C=O) groups excluding carboxylic acids is 1. The third-order valence-corrected chi connectivity index (χ3v) is 3.96. The van der Waals surface area contributed by atoms with Crippen molar-refractivity contribution in [3.05, 3.63) is 63.6 Å². The van der Waals surface area contributed by atoms with Crippen LogP contribution < -0.4 is 5.32 Å². The van der Waals surface area contributed by atoms with E-state index in [1.165, 1.54) is 11.1 Å². The van der Waals surface area contributed by atoms with E-state index in [1.54, 1.807) is 19.1 Å². The maximum atomic E-state index is 11.7. The quantitative estimate of drug-likeness (QED) is 0.806. The molecular formula is C17H18BrNO2. The van der Waals surface area contributed by atoms with E-state index in [-0.39, 0.29) is 5.97 Å². The Hall–Kier alpha value is -1.81. The summed E-state index contributed by atoms with van der Waals surface area (Å²) in [4.78, 5) is 11.7. The van der Waals surface area contributed by atoms with E-state index in [1.807, 2.05) is 12.1 Å². The van der Waals surface area contributed by atoms with Crippen molar-refractivity contribution in [2.45, 2.75) is 20.4 Å². The van der Waals surface area contributed by atoms with Crippen molar-refractivity contribution in [1.82, 2.24) is 0 Å². The summed E-state index contributed by atoms with van der Waals surface area (Å²) in [5.41, 5.74) is 3.85. The lowest BCUT2D eigenvalue weighted by atomic mass is 10.1. The smallest absolute Gasteiger partial charge is 0.338 e. The molecule has 4 heteroatoms. The van der Waals surface area contributed by atoms with Crippen LogP contribution >= 0.6 is 15.9 Å². The van der Waals surface area contributed by atoms with Gasteiger partial charge >= 0.3 is 5.97 Å². The zero-order chi connectivity index (χ0) is 15.2. The molecule has 0 bridgehead atoms. The monoisotopic (exact) mass is 347 g/mol. The first-order valence-electron chi connectivity index (χ1n) is 6.86. The molecule has 0 unspecified atom stereocenters. The van der Waals surface area contributed by atoms with Crippen molar-refractivity contribution in [3.63, 3.8) is 0 Å². The summed E-state index contributed by atoms with van der Waals surface area (Å²) in [7, 11) is 0. The minimum atomic E-state index is -0.292. The second kappa shape index (κ2) is 7.27. The highest BCUT2D eigenvalue weighted by molar-refractivity contribution is 9.10. The van der Waals surface area contributed by atoms with E-state index in [0.717, 1.165) is 10.2 Å². The van der Waals surface area contributed by atoms with Crippen molar-refractivity contribution in [3.8, 4) is 0 Å². The van der Waals surface area contributed by atoms with E-state index in [0.29, 0.717) is 18.7 Å².